The van der Waals surface area contributed by atoms with Gasteiger partial charge in [0.2, 0.25) is 0 Å². The number of benzene rings is 2. The molecule has 2 aromatic rings. The van der Waals surface area contributed by atoms with Gasteiger partial charge in [-0.1, -0.05) is 51.1 Å². The second-order valence-electron chi connectivity index (χ2n) is 8.94. The van der Waals surface area contributed by atoms with Crippen LogP contribution in [-0.2, 0) is 5.41 Å². The van der Waals surface area contributed by atoms with Gasteiger partial charge in [0.25, 0.3) is 0 Å². The van der Waals surface area contributed by atoms with Gasteiger partial charge in [-0.05, 0) is 60.4 Å². The van der Waals surface area contributed by atoms with Crippen LogP contribution in [0.5, 0.6) is 0 Å². The molecule has 1 aliphatic carbocycles. The second-order valence-corrected chi connectivity index (χ2v) is 8.94. The Labute approximate surface area is 173 Å². The minimum atomic E-state index is -1.40. The SMILES string of the molecule is CNc1ccc(C(C)(C)C)cc1.Cc1cc(C2CC2C(F)C(C)F)ccc1C=O. The zero-order chi connectivity index (χ0) is 21.8. The van der Waals surface area contributed by atoms with Crippen LogP contribution in [0.15, 0.2) is 42.5 Å². The van der Waals surface area contributed by atoms with Crippen molar-refractivity contribution in [3.8, 4) is 0 Å². The minimum Gasteiger partial charge on any atom is -0.388 e. The molecule has 0 radical (unpaired) electrons. The van der Waals surface area contributed by atoms with Crippen LogP contribution < -0.4 is 5.32 Å². The molecule has 0 spiro atoms. The molecular formula is C25H33F2NO. The first-order chi connectivity index (χ1) is 13.6. The highest BCUT2D eigenvalue weighted by atomic mass is 19.2. The standard InChI is InChI=1S/C14H16F2O.C11H17N/c1-8-5-10(3-4-11(8)7-17)12-6-13(12)14(16)9(2)15;1-11(2,3)9-5-7-10(12-4)8-6-9/h3-5,7,9,12-14H,6H2,1-2H3;5-8,12H,1-4H3. The molecule has 2 aromatic carbocycles. The predicted molar refractivity (Wildman–Crippen MR) is 118 cm³/mol. The van der Waals surface area contributed by atoms with Crippen molar-refractivity contribution >= 4 is 12.0 Å². The van der Waals surface area contributed by atoms with E-state index in [9.17, 15) is 13.6 Å². The van der Waals surface area contributed by atoms with E-state index in [4.69, 9.17) is 0 Å². The molecule has 0 heterocycles. The number of carbonyl (C=O) groups is 1. The highest BCUT2D eigenvalue weighted by Gasteiger charge is 2.46. The van der Waals surface area contributed by atoms with E-state index in [1.807, 2.05) is 26.1 Å². The Morgan fingerprint density at radius 2 is 1.72 bits per heavy atom. The van der Waals surface area contributed by atoms with Crippen LogP contribution >= 0.6 is 0 Å². The molecule has 0 saturated heterocycles. The van der Waals surface area contributed by atoms with Gasteiger partial charge < -0.3 is 5.32 Å². The van der Waals surface area contributed by atoms with E-state index >= 15 is 0 Å². The lowest BCUT2D eigenvalue weighted by Crippen LogP contribution is -2.16. The fourth-order valence-electron chi connectivity index (χ4n) is 3.49. The van der Waals surface area contributed by atoms with Crippen LogP contribution in [0.4, 0.5) is 14.5 Å². The monoisotopic (exact) mass is 401 g/mol. The molecule has 1 aliphatic rings. The van der Waals surface area contributed by atoms with Crippen LogP contribution in [-0.4, -0.2) is 25.7 Å². The second kappa shape index (κ2) is 9.51. The number of aldehydes is 1. The number of aryl methyl sites for hydroxylation is 1. The third-order valence-corrected chi connectivity index (χ3v) is 5.58. The van der Waals surface area contributed by atoms with Gasteiger partial charge >= 0.3 is 0 Å². The van der Waals surface area contributed by atoms with Crippen molar-refractivity contribution in [2.75, 3.05) is 12.4 Å². The minimum absolute atomic E-state index is 0.114. The van der Waals surface area contributed by atoms with Gasteiger partial charge in [0.05, 0.1) is 0 Å². The van der Waals surface area contributed by atoms with Crippen LogP contribution in [0.3, 0.4) is 0 Å². The summed E-state index contributed by atoms with van der Waals surface area (Å²) in [6.45, 7) is 9.79. The summed E-state index contributed by atoms with van der Waals surface area (Å²) in [6, 6.07) is 14.1. The van der Waals surface area contributed by atoms with Crippen molar-refractivity contribution in [2.24, 2.45) is 5.92 Å². The van der Waals surface area contributed by atoms with E-state index in [1.165, 1.54) is 18.2 Å². The number of hydrogen-bond donors (Lipinski definition) is 1. The van der Waals surface area contributed by atoms with Gasteiger partial charge in [0.1, 0.15) is 18.6 Å². The highest BCUT2D eigenvalue weighted by molar-refractivity contribution is 5.77. The van der Waals surface area contributed by atoms with Crippen LogP contribution in [0, 0.1) is 12.8 Å². The lowest BCUT2D eigenvalue weighted by molar-refractivity contribution is 0.112. The van der Waals surface area contributed by atoms with Crippen molar-refractivity contribution in [3.05, 3.63) is 64.7 Å². The number of alkyl halides is 2. The van der Waals surface area contributed by atoms with E-state index in [2.05, 4.69) is 50.4 Å². The fraction of sp³-hybridized carbons (Fsp3) is 0.480. The smallest absolute Gasteiger partial charge is 0.150 e. The summed E-state index contributed by atoms with van der Waals surface area (Å²) in [7, 11) is 1.94. The number of nitrogens with one attached hydrogen (secondary N) is 1. The van der Waals surface area contributed by atoms with Crippen molar-refractivity contribution < 1.29 is 13.6 Å². The molecule has 0 aliphatic heterocycles. The van der Waals surface area contributed by atoms with Crippen molar-refractivity contribution in [1.29, 1.82) is 0 Å². The van der Waals surface area contributed by atoms with Crippen LogP contribution in [0.1, 0.15) is 67.1 Å². The summed E-state index contributed by atoms with van der Waals surface area (Å²) in [5.74, 6) is -0.0842. The van der Waals surface area contributed by atoms with Crippen LogP contribution in [0.25, 0.3) is 0 Å². The molecule has 4 atom stereocenters. The van der Waals surface area contributed by atoms with E-state index < -0.39 is 12.3 Å². The van der Waals surface area contributed by atoms with E-state index in [1.54, 1.807) is 6.07 Å². The number of anilines is 1. The highest BCUT2D eigenvalue weighted by Crippen LogP contribution is 2.51. The maximum atomic E-state index is 13.5. The average molecular weight is 402 g/mol. The normalized spacial score (nSPS) is 20.1. The summed E-state index contributed by atoms with van der Waals surface area (Å²) < 4.78 is 26.3. The maximum absolute atomic E-state index is 13.5. The van der Waals surface area contributed by atoms with Crippen LogP contribution in [0.2, 0.25) is 0 Å². The fourth-order valence-corrected chi connectivity index (χ4v) is 3.49. The Morgan fingerprint density at radius 3 is 2.17 bits per heavy atom. The Balaban J connectivity index is 0.000000221. The Kier molecular flexibility index (Phi) is 7.56. The first-order valence-corrected chi connectivity index (χ1v) is 10.2. The molecule has 1 fully saturated rings. The molecule has 0 bridgehead atoms. The number of carbonyl (C=O) groups excluding carboxylic acids is 1. The number of rotatable bonds is 5. The summed E-state index contributed by atoms with van der Waals surface area (Å²) in [6.07, 6.45) is -1.26. The van der Waals surface area contributed by atoms with E-state index in [0.29, 0.717) is 12.0 Å². The lowest BCUT2D eigenvalue weighted by atomic mass is 9.87. The summed E-state index contributed by atoms with van der Waals surface area (Å²) >= 11 is 0. The number of hydrogen-bond acceptors (Lipinski definition) is 2. The molecule has 4 heteroatoms. The quantitative estimate of drug-likeness (QED) is 0.570. The average Bonchev–Trinajstić information content (AvgIpc) is 3.48. The topological polar surface area (TPSA) is 29.1 Å². The van der Waals surface area contributed by atoms with E-state index in [-0.39, 0.29) is 17.3 Å². The third kappa shape index (κ3) is 6.12. The molecule has 1 N–H and O–H groups in total. The Morgan fingerprint density at radius 1 is 1.10 bits per heavy atom. The van der Waals surface area contributed by atoms with E-state index in [0.717, 1.165) is 17.4 Å². The largest absolute Gasteiger partial charge is 0.388 e. The maximum Gasteiger partial charge on any atom is 0.150 e. The van der Waals surface area contributed by atoms with Crippen molar-refractivity contribution in [1.82, 2.24) is 0 Å². The molecule has 158 valence electrons. The summed E-state index contributed by atoms with van der Waals surface area (Å²) in [4.78, 5) is 10.7. The molecule has 0 aromatic heterocycles. The zero-order valence-electron chi connectivity index (χ0n) is 18.3. The van der Waals surface area contributed by atoms with Gasteiger partial charge in [-0.15, -0.1) is 0 Å². The summed E-state index contributed by atoms with van der Waals surface area (Å²) in [5, 5.41) is 3.11. The van der Waals surface area contributed by atoms with Crippen molar-refractivity contribution in [3.63, 3.8) is 0 Å². The lowest BCUT2D eigenvalue weighted by Gasteiger charge is -2.18. The zero-order valence-corrected chi connectivity index (χ0v) is 18.3. The first-order valence-electron chi connectivity index (χ1n) is 10.2. The van der Waals surface area contributed by atoms with Gasteiger partial charge in [0.15, 0.2) is 0 Å². The Hall–Kier alpha value is -2.23. The molecule has 2 nitrogen and oxygen atoms in total. The molecular weight excluding hydrogens is 368 g/mol. The Bertz CT molecular complexity index is 809. The molecule has 1 saturated carbocycles. The molecule has 0 amide bonds. The third-order valence-electron chi connectivity index (χ3n) is 5.58. The van der Waals surface area contributed by atoms with Gasteiger partial charge in [-0.25, -0.2) is 8.78 Å². The van der Waals surface area contributed by atoms with Crippen molar-refractivity contribution in [2.45, 2.75) is 64.7 Å². The predicted octanol–water partition coefficient (Wildman–Crippen LogP) is 6.63. The molecule has 4 unspecified atom stereocenters. The van der Waals surface area contributed by atoms with Gasteiger partial charge in [0, 0.05) is 24.2 Å². The summed E-state index contributed by atoms with van der Waals surface area (Å²) in [5.41, 5.74) is 5.37. The van der Waals surface area contributed by atoms with Gasteiger partial charge in [-0.3, -0.25) is 4.79 Å². The molecule has 29 heavy (non-hydrogen) atoms. The first kappa shape index (κ1) is 23.1. The van der Waals surface area contributed by atoms with Gasteiger partial charge in [-0.2, -0.15) is 0 Å². The number of halogens is 2. The molecule has 3 rings (SSSR count).